The minimum absolute atomic E-state index is 0.0729. The molecule has 200 valence electrons. The number of nitrogens with zero attached hydrogens (tertiary/aromatic N) is 3. The van der Waals surface area contributed by atoms with E-state index in [2.05, 4.69) is 17.6 Å². The van der Waals surface area contributed by atoms with Crippen LogP contribution in [0.5, 0.6) is 0 Å². The van der Waals surface area contributed by atoms with Gasteiger partial charge in [-0.05, 0) is 43.9 Å². The summed E-state index contributed by atoms with van der Waals surface area (Å²) < 4.78 is 0. The largest absolute Gasteiger partial charge is 0.356 e. The molecule has 0 aromatic heterocycles. The molecule has 0 spiro atoms. The van der Waals surface area contributed by atoms with Crippen LogP contribution in [0.25, 0.3) is 0 Å². The molecule has 0 radical (unpaired) electrons. The lowest BCUT2D eigenvalue weighted by Gasteiger charge is -2.27. The Hall–Kier alpha value is -3.46. The van der Waals surface area contributed by atoms with Crippen molar-refractivity contribution >= 4 is 46.2 Å². The number of hydrogen-bond acceptors (Lipinski definition) is 6. The topological polar surface area (TPSA) is 103 Å². The molecule has 0 saturated heterocycles. The molecule has 2 aromatic rings. The smallest absolute Gasteiger partial charge is 0.259 e. The summed E-state index contributed by atoms with van der Waals surface area (Å²) in [5.41, 5.74) is 3.68. The lowest BCUT2D eigenvalue weighted by molar-refractivity contribution is -0.125. The number of unbranched alkanes of at least 4 members (excludes halogenated alkanes) is 1. The molecular formula is C29H35N5O3S. The van der Waals surface area contributed by atoms with Crippen LogP contribution in [0.2, 0.25) is 0 Å². The summed E-state index contributed by atoms with van der Waals surface area (Å²) in [7, 11) is 0. The first-order valence-electron chi connectivity index (χ1n) is 13.3. The van der Waals surface area contributed by atoms with Gasteiger partial charge in [-0.1, -0.05) is 74.0 Å². The number of amidine groups is 2. The second-order valence-electron chi connectivity index (χ2n) is 9.51. The molecule has 9 heteroatoms. The van der Waals surface area contributed by atoms with Crippen molar-refractivity contribution in [1.29, 1.82) is 0 Å². The molecular weight excluding hydrogens is 498 g/mol. The van der Waals surface area contributed by atoms with Gasteiger partial charge in [0.2, 0.25) is 11.8 Å². The van der Waals surface area contributed by atoms with Crippen molar-refractivity contribution in [2.24, 2.45) is 9.98 Å². The maximum Gasteiger partial charge on any atom is 0.259 e. The molecule has 2 atom stereocenters. The molecule has 0 aliphatic carbocycles. The third kappa shape index (κ3) is 6.51. The molecule has 8 nitrogen and oxygen atoms in total. The first-order chi connectivity index (χ1) is 18.4. The Balaban J connectivity index is 1.47. The molecule has 2 unspecified atom stereocenters. The maximum atomic E-state index is 13.5. The molecule has 2 aliphatic rings. The quantitative estimate of drug-likeness (QED) is 0.416. The zero-order valence-corrected chi connectivity index (χ0v) is 23.0. The fourth-order valence-corrected chi connectivity index (χ4v) is 5.33. The van der Waals surface area contributed by atoms with E-state index in [1.165, 1.54) is 22.2 Å². The molecule has 2 N–H and O–H groups in total. The molecule has 2 aromatic carbocycles. The predicted molar refractivity (Wildman–Crippen MR) is 153 cm³/mol. The van der Waals surface area contributed by atoms with E-state index in [-0.39, 0.29) is 24.1 Å². The van der Waals surface area contributed by atoms with Crippen molar-refractivity contribution in [3.05, 3.63) is 65.2 Å². The van der Waals surface area contributed by atoms with Crippen molar-refractivity contribution < 1.29 is 14.4 Å². The summed E-state index contributed by atoms with van der Waals surface area (Å²) in [6.45, 7) is 7.12. The van der Waals surface area contributed by atoms with Crippen molar-refractivity contribution in [3.8, 4) is 0 Å². The van der Waals surface area contributed by atoms with E-state index >= 15 is 0 Å². The average Bonchev–Trinajstić information content (AvgIpc) is 3.26. The second-order valence-corrected chi connectivity index (χ2v) is 10.7. The standard InChI is InChI=1S/C29H35N5O3S/c1-4-6-17-30-25(35)16-15-23-28(37)34-26(32-23)21-9-7-8-10-22(21)33-29(34)38-24(5-2)27(36)31-18-20-13-11-19(3)12-14-20/h7-14,23-24H,4-6,15-18H2,1-3H3,(H,30,35)(H,31,36). The van der Waals surface area contributed by atoms with Crippen molar-refractivity contribution in [1.82, 2.24) is 15.5 Å². The number of para-hydroxylation sites is 1. The Morgan fingerprint density at radius 3 is 2.58 bits per heavy atom. The predicted octanol–water partition coefficient (Wildman–Crippen LogP) is 4.48. The molecule has 2 aliphatic heterocycles. The van der Waals surface area contributed by atoms with E-state index in [0.717, 1.165) is 24.0 Å². The van der Waals surface area contributed by atoms with Crippen LogP contribution in [0.4, 0.5) is 5.69 Å². The van der Waals surface area contributed by atoms with Gasteiger partial charge >= 0.3 is 0 Å². The summed E-state index contributed by atoms with van der Waals surface area (Å²) >= 11 is 1.28. The summed E-state index contributed by atoms with van der Waals surface area (Å²) in [5.74, 6) is 0.146. The Morgan fingerprint density at radius 1 is 1.08 bits per heavy atom. The lowest BCUT2D eigenvalue weighted by Crippen LogP contribution is -2.43. The first-order valence-corrected chi connectivity index (χ1v) is 14.2. The van der Waals surface area contributed by atoms with Crippen LogP contribution in [-0.4, -0.2) is 51.5 Å². The van der Waals surface area contributed by atoms with Crippen LogP contribution in [0.3, 0.4) is 0 Å². The van der Waals surface area contributed by atoms with Crippen molar-refractivity contribution in [2.45, 2.75) is 70.7 Å². The molecule has 4 rings (SSSR count). The van der Waals surface area contributed by atoms with Gasteiger partial charge in [-0.15, -0.1) is 0 Å². The van der Waals surface area contributed by atoms with E-state index in [1.807, 2.05) is 62.4 Å². The number of fused-ring (bicyclic) bond motifs is 3. The summed E-state index contributed by atoms with van der Waals surface area (Å²) in [4.78, 5) is 49.9. The van der Waals surface area contributed by atoms with E-state index in [1.54, 1.807) is 0 Å². The van der Waals surface area contributed by atoms with Crippen molar-refractivity contribution in [2.75, 3.05) is 6.54 Å². The zero-order chi connectivity index (χ0) is 27.1. The Labute approximate surface area is 228 Å². The minimum atomic E-state index is -0.658. The fraction of sp³-hybridized carbons (Fsp3) is 0.414. The number of carbonyl (C=O) groups is 3. The number of thioether (sulfide) groups is 1. The van der Waals surface area contributed by atoms with Crippen LogP contribution in [-0.2, 0) is 20.9 Å². The van der Waals surface area contributed by atoms with E-state index in [9.17, 15) is 14.4 Å². The number of amides is 3. The van der Waals surface area contributed by atoms with E-state index in [0.29, 0.717) is 42.6 Å². The minimum Gasteiger partial charge on any atom is -0.356 e. The van der Waals surface area contributed by atoms with Crippen LogP contribution in [0.15, 0.2) is 58.5 Å². The summed E-state index contributed by atoms with van der Waals surface area (Å²) in [5, 5.41) is 5.93. The second kappa shape index (κ2) is 12.9. The number of hydrogen-bond donors (Lipinski definition) is 2. The van der Waals surface area contributed by atoms with Crippen molar-refractivity contribution in [3.63, 3.8) is 0 Å². The van der Waals surface area contributed by atoms with Gasteiger partial charge in [0.25, 0.3) is 5.91 Å². The van der Waals surface area contributed by atoms with Gasteiger partial charge in [0.05, 0.1) is 10.9 Å². The molecule has 0 fully saturated rings. The maximum absolute atomic E-state index is 13.5. The number of rotatable bonds is 11. The van der Waals surface area contributed by atoms with Gasteiger partial charge < -0.3 is 10.6 Å². The monoisotopic (exact) mass is 533 g/mol. The van der Waals surface area contributed by atoms with E-state index < -0.39 is 11.3 Å². The highest BCUT2D eigenvalue weighted by molar-refractivity contribution is 8.15. The Morgan fingerprint density at radius 2 is 1.84 bits per heavy atom. The number of carbonyl (C=O) groups excluding carboxylic acids is 3. The summed E-state index contributed by atoms with van der Waals surface area (Å²) in [6.07, 6.45) is 3.05. The van der Waals surface area contributed by atoms with Gasteiger partial charge in [0.1, 0.15) is 11.9 Å². The first kappa shape index (κ1) is 27.6. The Kier molecular flexibility index (Phi) is 9.33. The van der Waals surface area contributed by atoms with Crippen LogP contribution < -0.4 is 10.6 Å². The normalized spacial score (nSPS) is 16.8. The molecule has 38 heavy (non-hydrogen) atoms. The highest BCUT2D eigenvalue weighted by atomic mass is 32.2. The van der Waals surface area contributed by atoms with Gasteiger partial charge in [-0.25, -0.2) is 9.89 Å². The molecule has 0 bridgehead atoms. The number of aryl methyl sites for hydroxylation is 1. The van der Waals surface area contributed by atoms with Gasteiger partial charge in [0.15, 0.2) is 5.17 Å². The van der Waals surface area contributed by atoms with Crippen LogP contribution in [0, 0.1) is 6.92 Å². The highest BCUT2D eigenvalue weighted by Crippen LogP contribution is 2.35. The third-order valence-electron chi connectivity index (χ3n) is 6.54. The lowest BCUT2D eigenvalue weighted by atomic mass is 10.1. The van der Waals surface area contributed by atoms with Gasteiger partial charge in [-0.2, -0.15) is 0 Å². The zero-order valence-electron chi connectivity index (χ0n) is 22.2. The third-order valence-corrected chi connectivity index (χ3v) is 7.86. The fourth-order valence-electron chi connectivity index (χ4n) is 4.29. The van der Waals surface area contributed by atoms with Crippen LogP contribution >= 0.6 is 11.8 Å². The Bertz CT molecular complexity index is 1240. The number of aliphatic imine (C=N–C) groups is 2. The summed E-state index contributed by atoms with van der Waals surface area (Å²) in [6, 6.07) is 14.9. The van der Waals surface area contributed by atoms with Gasteiger partial charge in [0, 0.05) is 25.1 Å². The number of nitrogens with one attached hydrogen (secondary N) is 2. The SMILES string of the molecule is CCCCNC(=O)CCC1N=C2c3ccccc3N=C(SC(CC)C(=O)NCc3ccc(C)cc3)N2C1=O. The average molecular weight is 534 g/mol. The molecule has 3 amide bonds. The van der Waals surface area contributed by atoms with Crippen LogP contribution in [0.1, 0.15) is 62.6 Å². The number of benzene rings is 2. The molecule has 2 heterocycles. The highest BCUT2D eigenvalue weighted by Gasteiger charge is 2.42. The molecule has 0 saturated carbocycles. The van der Waals surface area contributed by atoms with E-state index in [4.69, 9.17) is 9.98 Å². The van der Waals surface area contributed by atoms with Gasteiger partial charge in [-0.3, -0.25) is 19.4 Å².